The Morgan fingerprint density at radius 3 is 2.09 bits per heavy atom. The number of fused-ring (bicyclic) bond motifs is 1. The molecule has 0 bridgehead atoms. The van der Waals surface area contributed by atoms with Gasteiger partial charge in [0.05, 0.1) is 17.7 Å². The molecule has 4 aromatic rings. The first kappa shape index (κ1) is 24.9. The molecule has 180 valence electrons. The molecule has 0 aromatic heterocycles. The molecule has 5 heteroatoms. The Balaban J connectivity index is 1.76. The van der Waals surface area contributed by atoms with Gasteiger partial charge in [-0.15, -0.1) is 0 Å². The van der Waals surface area contributed by atoms with Crippen LogP contribution in [0.3, 0.4) is 0 Å². The van der Waals surface area contributed by atoms with Gasteiger partial charge in [-0.2, -0.15) is 0 Å². The van der Waals surface area contributed by atoms with Crippen LogP contribution < -0.4 is 0 Å². The first-order valence-electron chi connectivity index (χ1n) is 12.0. The lowest BCUT2D eigenvalue weighted by atomic mass is 9.82. The zero-order valence-corrected chi connectivity index (χ0v) is 20.7. The van der Waals surface area contributed by atoms with E-state index in [9.17, 15) is 19.4 Å². The Morgan fingerprint density at radius 1 is 0.829 bits per heavy atom. The second-order valence-electron chi connectivity index (χ2n) is 9.11. The normalized spacial score (nSPS) is 15.7. The van der Waals surface area contributed by atoms with Crippen molar-refractivity contribution in [3.8, 4) is 0 Å². The second-order valence-corrected chi connectivity index (χ2v) is 11.5. The zero-order chi connectivity index (χ0) is 24.8. The SMILES string of the molecule is CCC(CC(C(=O)O)C(c1ccccc1)P(=O)(O)Cc1ccccc1)c1cccc2ccccc12. The predicted octanol–water partition coefficient (Wildman–Crippen LogP) is 7.64. The molecule has 0 saturated carbocycles. The Morgan fingerprint density at radius 2 is 1.43 bits per heavy atom. The first-order valence-corrected chi connectivity index (χ1v) is 13.9. The number of hydrogen-bond donors (Lipinski definition) is 2. The van der Waals surface area contributed by atoms with Crippen molar-refractivity contribution in [1.82, 2.24) is 0 Å². The quantitative estimate of drug-likeness (QED) is 0.226. The van der Waals surface area contributed by atoms with E-state index >= 15 is 0 Å². The van der Waals surface area contributed by atoms with Crippen LogP contribution in [0, 0.1) is 5.92 Å². The molecule has 4 atom stereocenters. The monoisotopic (exact) mass is 486 g/mol. The summed E-state index contributed by atoms with van der Waals surface area (Å²) in [6.07, 6.45) is 0.939. The number of carbonyl (C=O) groups is 1. The van der Waals surface area contributed by atoms with Gasteiger partial charge in [0.2, 0.25) is 7.37 Å². The van der Waals surface area contributed by atoms with Crippen molar-refractivity contribution in [2.75, 3.05) is 0 Å². The van der Waals surface area contributed by atoms with Crippen molar-refractivity contribution >= 4 is 24.1 Å². The number of aliphatic carboxylic acids is 1. The fraction of sp³-hybridized carbons (Fsp3) is 0.233. The summed E-state index contributed by atoms with van der Waals surface area (Å²) in [7, 11) is -3.94. The van der Waals surface area contributed by atoms with E-state index in [-0.39, 0.29) is 18.5 Å². The standard InChI is InChI=1S/C30H31O4P/c1-2-23(26-19-11-17-24-14-9-10-18-27(24)26)20-28(30(31)32)29(25-15-7-4-8-16-25)35(33,34)21-22-12-5-3-6-13-22/h3-19,23,28-29H,2,20-21H2,1H3,(H,31,32)(H,33,34). The Bertz CT molecular complexity index is 1310. The van der Waals surface area contributed by atoms with E-state index in [0.29, 0.717) is 5.56 Å². The molecule has 4 nitrogen and oxygen atoms in total. The molecule has 4 unspecified atom stereocenters. The molecule has 0 heterocycles. The summed E-state index contributed by atoms with van der Waals surface area (Å²) < 4.78 is 13.9. The third kappa shape index (κ3) is 5.73. The predicted molar refractivity (Wildman–Crippen MR) is 142 cm³/mol. The topological polar surface area (TPSA) is 74.6 Å². The Hall–Kier alpha value is -3.20. The minimum absolute atomic E-state index is 0.0647. The fourth-order valence-electron chi connectivity index (χ4n) is 5.13. The molecule has 0 saturated heterocycles. The largest absolute Gasteiger partial charge is 0.481 e. The molecular formula is C30H31O4P. The van der Waals surface area contributed by atoms with Crippen LogP contribution in [0.15, 0.2) is 103 Å². The minimum Gasteiger partial charge on any atom is -0.481 e. The highest BCUT2D eigenvalue weighted by atomic mass is 31.2. The average Bonchev–Trinajstić information content (AvgIpc) is 2.87. The maximum atomic E-state index is 13.9. The van der Waals surface area contributed by atoms with Crippen LogP contribution in [-0.2, 0) is 15.5 Å². The third-order valence-electron chi connectivity index (χ3n) is 6.82. The van der Waals surface area contributed by atoms with Crippen LogP contribution in [-0.4, -0.2) is 16.0 Å². The highest BCUT2D eigenvalue weighted by Crippen LogP contribution is 2.62. The van der Waals surface area contributed by atoms with Gasteiger partial charge in [-0.05, 0) is 46.2 Å². The molecule has 2 N–H and O–H groups in total. The lowest BCUT2D eigenvalue weighted by molar-refractivity contribution is -0.142. The summed E-state index contributed by atoms with van der Waals surface area (Å²) in [5, 5.41) is 12.6. The summed E-state index contributed by atoms with van der Waals surface area (Å²) in [6, 6.07) is 32.3. The molecule has 4 aromatic carbocycles. The lowest BCUT2D eigenvalue weighted by Crippen LogP contribution is -2.25. The number of carboxylic acids is 1. The number of rotatable bonds is 10. The second kappa shape index (κ2) is 11.0. The lowest BCUT2D eigenvalue weighted by Gasteiger charge is -2.31. The van der Waals surface area contributed by atoms with Gasteiger partial charge in [0.25, 0.3) is 0 Å². The number of hydrogen-bond acceptors (Lipinski definition) is 2. The Kier molecular flexibility index (Phi) is 7.85. The van der Waals surface area contributed by atoms with E-state index in [4.69, 9.17) is 0 Å². The average molecular weight is 487 g/mol. The number of benzene rings is 4. The molecule has 0 radical (unpaired) electrons. The molecule has 0 aliphatic heterocycles. The van der Waals surface area contributed by atoms with Crippen molar-refractivity contribution < 1.29 is 19.4 Å². The summed E-state index contributed by atoms with van der Waals surface area (Å²) >= 11 is 0. The summed E-state index contributed by atoms with van der Waals surface area (Å²) in [6.45, 7) is 2.05. The van der Waals surface area contributed by atoms with Crippen LogP contribution in [0.25, 0.3) is 10.8 Å². The first-order chi connectivity index (χ1) is 16.9. The highest BCUT2D eigenvalue weighted by Gasteiger charge is 2.43. The van der Waals surface area contributed by atoms with E-state index in [2.05, 4.69) is 24.3 Å². The van der Waals surface area contributed by atoms with E-state index < -0.39 is 24.9 Å². The van der Waals surface area contributed by atoms with Gasteiger partial charge < -0.3 is 10.00 Å². The maximum absolute atomic E-state index is 13.9. The van der Waals surface area contributed by atoms with E-state index in [1.165, 1.54) is 0 Å². The molecule has 35 heavy (non-hydrogen) atoms. The smallest absolute Gasteiger partial charge is 0.307 e. The van der Waals surface area contributed by atoms with Gasteiger partial charge in [0.15, 0.2) is 0 Å². The fourth-order valence-corrected chi connectivity index (χ4v) is 7.51. The van der Waals surface area contributed by atoms with Crippen molar-refractivity contribution in [2.24, 2.45) is 5.92 Å². The number of carboxylic acid groups (broad SMARTS) is 1. The van der Waals surface area contributed by atoms with Gasteiger partial charge in [0.1, 0.15) is 0 Å². The van der Waals surface area contributed by atoms with Crippen LogP contribution in [0.1, 0.15) is 48.0 Å². The van der Waals surface area contributed by atoms with Crippen molar-refractivity contribution in [2.45, 2.75) is 37.5 Å². The molecule has 0 aliphatic rings. The van der Waals surface area contributed by atoms with Crippen LogP contribution >= 0.6 is 7.37 Å². The van der Waals surface area contributed by atoms with Crippen molar-refractivity contribution in [3.63, 3.8) is 0 Å². The van der Waals surface area contributed by atoms with Crippen LogP contribution in [0.5, 0.6) is 0 Å². The summed E-state index contributed by atoms with van der Waals surface area (Å²) in [5.41, 5.74) is 1.39. The van der Waals surface area contributed by atoms with Gasteiger partial charge >= 0.3 is 5.97 Å². The van der Waals surface area contributed by atoms with Gasteiger partial charge in [0, 0.05) is 0 Å². The highest BCUT2D eigenvalue weighted by molar-refractivity contribution is 7.57. The molecule has 4 rings (SSSR count). The Labute approximate surface area is 206 Å². The zero-order valence-electron chi connectivity index (χ0n) is 19.8. The van der Waals surface area contributed by atoms with Crippen molar-refractivity contribution in [3.05, 3.63) is 120 Å². The summed E-state index contributed by atoms with van der Waals surface area (Å²) in [5.74, 6) is -2.12. The maximum Gasteiger partial charge on any atom is 0.307 e. The van der Waals surface area contributed by atoms with Crippen LogP contribution in [0.4, 0.5) is 0 Å². The molecule has 0 amide bonds. The van der Waals surface area contributed by atoms with Gasteiger partial charge in [-0.25, -0.2) is 0 Å². The van der Waals surface area contributed by atoms with Gasteiger partial charge in [-0.3, -0.25) is 9.36 Å². The van der Waals surface area contributed by atoms with Gasteiger partial charge in [-0.1, -0.05) is 110 Å². The van der Waals surface area contributed by atoms with Crippen molar-refractivity contribution in [1.29, 1.82) is 0 Å². The van der Waals surface area contributed by atoms with E-state index in [1.54, 1.807) is 24.3 Å². The van der Waals surface area contributed by atoms with Crippen LogP contribution in [0.2, 0.25) is 0 Å². The molecule has 0 fully saturated rings. The molecule has 0 spiro atoms. The minimum atomic E-state index is -3.94. The summed E-state index contributed by atoms with van der Waals surface area (Å²) in [4.78, 5) is 24.1. The third-order valence-corrected chi connectivity index (χ3v) is 9.17. The van der Waals surface area contributed by atoms with E-state index in [1.807, 2.05) is 61.5 Å². The molecule has 0 aliphatic carbocycles. The van der Waals surface area contributed by atoms with E-state index in [0.717, 1.165) is 28.3 Å². The molecular weight excluding hydrogens is 455 g/mol.